The molecule has 1 rings (SSSR count). The van der Waals surface area contributed by atoms with E-state index in [0.29, 0.717) is 0 Å². The molecule has 0 atom stereocenters. The number of carbonyl (C=O) groups is 1. The molecule has 0 heterocycles. The third-order valence-electron chi connectivity index (χ3n) is 2.31. The number of carbonyl (C=O) groups excluding carboxylic acids is 1. The van der Waals surface area contributed by atoms with E-state index < -0.39 is 17.0 Å². The molecule has 1 aromatic rings. The van der Waals surface area contributed by atoms with E-state index in [0.717, 1.165) is 12.1 Å². The molecule has 2 nitrogen and oxygen atoms in total. The average Bonchev–Trinajstić information content (AvgIpc) is 2.21. The van der Waals surface area contributed by atoms with Crippen LogP contribution >= 0.6 is 0 Å². The predicted molar refractivity (Wildman–Crippen MR) is 53.5 cm³/mol. The summed E-state index contributed by atoms with van der Waals surface area (Å²) in [7, 11) is 0. The van der Waals surface area contributed by atoms with Gasteiger partial charge >= 0.3 is 0 Å². The summed E-state index contributed by atoms with van der Waals surface area (Å²) >= 11 is 0. The zero-order valence-corrected chi connectivity index (χ0v) is 8.68. The Balaban J connectivity index is 3.08. The average molecular weight is 213 g/mol. The van der Waals surface area contributed by atoms with Crippen molar-refractivity contribution in [2.24, 2.45) is 11.1 Å². The molecule has 0 spiro atoms. The lowest BCUT2D eigenvalue weighted by Gasteiger charge is -2.20. The monoisotopic (exact) mass is 213 g/mol. The zero-order valence-electron chi connectivity index (χ0n) is 8.68. The Kier molecular flexibility index (Phi) is 3.19. The Hall–Kier alpha value is -1.29. The predicted octanol–water partition coefficient (Wildman–Crippen LogP) is 2.13. The molecule has 1 aromatic carbocycles. The van der Waals surface area contributed by atoms with Gasteiger partial charge < -0.3 is 5.73 Å². The molecule has 2 N–H and O–H groups in total. The summed E-state index contributed by atoms with van der Waals surface area (Å²) in [6, 6.07) is 3.10. The van der Waals surface area contributed by atoms with Crippen LogP contribution in [0.5, 0.6) is 0 Å². The lowest BCUT2D eigenvalue weighted by molar-refractivity contribution is 0.0847. The fourth-order valence-electron chi connectivity index (χ4n) is 1.12. The lowest BCUT2D eigenvalue weighted by atomic mass is 9.84. The normalized spacial score (nSPS) is 11.5. The highest BCUT2D eigenvalue weighted by atomic mass is 19.2. The van der Waals surface area contributed by atoms with E-state index in [4.69, 9.17) is 5.73 Å². The molecule has 0 saturated carbocycles. The molecule has 0 radical (unpaired) electrons. The summed E-state index contributed by atoms with van der Waals surface area (Å²) in [5, 5.41) is 0. The van der Waals surface area contributed by atoms with Crippen molar-refractivity contribution < 1.29 is 13.6 Å². The Morgan fingerprint density at radius 1 is 1.33 bits per heavy atom. The van der Waals surface area contributed by atoms with Crippen molar-refractivity contribution in [3.8, 4) is 0 Å². The number of nitrogens with two attached hydrogens (primary N) is 1. The third kappa shape index (κ3) is 2.39. The summed E-state index contributed by atoms with van der Waals surface area (Å²) in [5.41, 5.74) is 4.81. The SMILES string of the molecule is CC(C)(CN)C(=O)c1ccc(F)c(F)c1. The standard InChI is InChI=1S/C11H13F2NO/c1-11(2,6-14)10(15)7-3-4-8(12)9(13)5-7/h3-5H,6,14H2,1-2H3. The maximum absolute atomic E-state index is 12.9. The maximum Gasteiger partial charge on any atom is 0.169 e. The summed E-state index contributed by atoms with van der Waals surface area (Å²) in [4.78, 5) is 11.8. The number of halogens is 2. The molecule has 0 aromatic heterocycles. The van der Waals surface area contributed by atoms with E-state index in [2.05, 4.69) is 0 Å². The molecule has 0 unspecified atom stereocenters. The van der Waals surface area contributed by atoms with Gasteiger partial charge in [-0.1, -0.05) is 13.8 Å². The smallest absolute Gasteiger partial charge is 0.169 e. The van der Waals surface area contributed by atoms with E-state index in [-0.39, 0.29) is 17.9 Å². The molecule has 4 heteroatoms. The molecule has 15 heavy (non-hydrogen) atoms. The first-order valence-corrected chi connectivity index (χ1v) is 4.58. The van der Waals surface area contributed by atoms with Crippen molar-refractivity contribution in [1.82, 2.24) is 0 Å². The highest BCUT2D eigenvalue weighted by molar-refractivity contribution is 6.00. The van der Waals surface area contributed by atoms with E-state index in [9.17, 15) is 13.6 Å². The number of hydrogen-bond acceptors (Lipinski definition) is 2. The van der Waals surface area contributed by atoms with Gasteiger partial charge in [-0.25, -0.2) is 8.78 Å². The van der Waals surface area contributed by atoms with Crippen LogP contribution in [-0.2, 0) is 0 Å². The first-order valence-electron chi connectivity index (χ1n) is 4.58. The lowest BCUT2D eigenvalue weighted by Crippen LogP contribution is -2.32. The molecule has 0 aliphatic carbocycles. The van der Waals surface area contributed by atoms with Gasteiger partial charge in [0.2, 0.25) is 0 Å². The van der Waals surface area contributed by atoms with Gasteiger partial charge in [-0.05, 0) is 18.2 Å². The molecule has 0 aliphatic rings. The number of hydrogen-bond donors (Lipinski definition) is 1. The fraction of sp³-hybridized carbons (Fsp3) is 0.364. The van der Waals surface area contributed by atoms with Crippen LogP contribution in [0.1, 0.15) is 24.2 Å². The van der Waals surface area contributed by atoms with Crippen molar-refractivity contribution in [1.29, 1.82) is 0 Å². The van der Waals surface area contributed by atoms with Crippen LogP contribution in [0.25, 0.3) is 0 Å². The van der Waals surface area contributed by atoms with Crippen molar-refractivity contribution >= 4 is 5.78 Å². The molecule has 0 saturated heterocycles. The molecule has 0 amide bonds. The zero-order chi connectivity index (χ0) is 11.6. The summed E-state index contributed by atoms with van der Waals surface area (Å²) < 4.78 is 25.5. The summed E-state index contributed by atoms with van der Waals surface area (Å²) in [5.74, 6) is -2.27. The Morgan fingerprint density at radius 3 is 2.40 bits per heavy atom. The van der Waals surface area contributed by atoms with Crippen LogP contribution < -0.4 is 5.73 Å². The van der Waals surface area contributed by atoms with Crippen LogP contribution in [0.3, 0.4) is 0 Å². The van der Waals surface area contributed by atoms with Gasteiger partial charge in [-0.2, -0.15) is 0 Å². The van der Waals surface area contributed by atoms with Crippen LogP contribution in [0, 0.1) is 17.0 Å². The quantitative estimate of drug-likeness (QED) is 0.781. The largest absolute Gasteiger partial charge is 0.329 e. The van der Waals surface area contributed by atoms with E-state index in [1.165, 1.54) is 6.07 Å². The van der Waals surface area contributed by atoms with Gasteiger partial charge in [0.1, 0.15) is 0 Å². The van der Waals surface area contributed by atoms with Crippen molar-refractivity contribution in [2.75, 3.05) is 6.54 Å². The minimum Gasteiger partial charge on any atom is -0.329 e. The van der Waals surface area contributed by atoms with Crippen LogP contribution in [-0.4, -0.2) is 12.3 Å². The molecular formula is C11H13F2NO. The minimum atomic E-state index is -1.02. The van der Waals surface area contributed by atoms with E-state index >= 15 is 0 Å². The topological polar surface area (TPSA) is 43.1 Å². The number of Topliss-reactive ketones (excluding diaryl/α,β-unsaturated/α-hetero) is 1. The Labute approximate surface area is 87.1 Å². The van der Waals surface area contributed by atoms with Crippen LogP contribution in [0.15, 0.2) is 18.2 Å². The number of rotatable bonds is 3. The van der Waals surface area contributed by atoms with Gasteiger partial charge in [0, 0.05) is 17.5 Å². The second-order valence-corrected chi connectivity index (χ2v) is 4.05. The molecule has 82 valence electrons. The highest BCUT2D eigenvalue weighted by Gasteiger charge is 2.27. The van der Waals surface area contributed by atoms with Gasteiger partial charge in [-0.3, -0.25) is 4.79 Å². The van der Waals surface area contributed by atoms with Crippen LogP contribution in [0.2, 0.25) is 0 Å². The van der Waals surface area contributed by atoms with Gasteiger partial charge in [-0.15, -0.1) is 0 Å². The summed E-state index contributed by atoms with van der Waals surface area (Å²) in [6.45, 7) is 3.48. The second kappa shape index (κ2) is 4.06. The number of ketones is 1. The first kappa shape index (κ1) is 11.8. The molecule has 0 aliphatic heterocycles. The van der Waals surface area contributed by atoms with Crippen molar-refractivity contribution in [2.45, 2.75) is 13.8 Å². The summed E-state index contributed by atoms with van der Waals surface area (Å²) in [6.07, 6.45) is 0. The Bertz CT molecular complexity index is 388. The van der Waals surface area contributed by atoms with E-state index in [1.807, 2.05) is 0 Å². The van der Waals surface area contributed by atoms with Gasteiger partial charge in [0.15, 0.2) is 17.4 Å². The number of benzene rings is 1. The Morgan fingerprint density at radius 2 is 1.93 bits per heavy atom. The van der Waals surface area contributed by atoms with Gasteiger partial charge in [0.25, 0.3) is 0 Å². The van der Waals surface area contributed by atoms with Crippen molar-refractivity contribution in [3.05, 3.63) is 35.4 Å². The first-order chi connectivity index (χ1) is 6.88. The second-order valence-electron chi connectivity index (χ2n) is 4.05. The molecule has 0 bridgehead atoms. The van der Waals surface area contributed by atoms with E-state index in [1.54, 1.807) is 13.8 Å². The fourth-order valence-corrected chi connectivity index (χ4v) is 1.12. The van der Waals surface area contributed by atoms with Crippen LogP contribution in [0.4, 0.5) is 8.78 Å². The molecular weight excluding hydrogens is 200 g/mol. The third-order valence-corrected chi connectivity index (χ3v) is 2.31. The van der Waals surface area contributed by atoms with Crippen molar-refractivity contribution in [3.63, 3.8) is 0 Å². The highest BCUT2D eigenvalue weighted by Crippen LogP contribution is 2.21. The molecule has 0 fully saturated rings. The maximum atomic E-state index is 12.9. The minimum absolute atomic E-state index is 0.143. The van der Waals surface area contributed by atoms with Gasteiger partial charge in [0.05, 0.1) is 0 Å².